The Morgan fingerprint density at radius 2 is 2.15 bits per heavy atom. The number of thiophene rings is 1. The number of anilines is 1. The minimum absolute atomic E-state index is 0.806. The van der Waals surface area contributed by atoms with Crippen molar-refractivity contribution < 1.29 is 0 Å². The lowest BCUT2D eigenvalue weighted by atomic mass is 10.2. The van der Waals surface area contributed by atoms with E-state index in [2.05, 4.69) is 53.7 Å². The molecular formula is C16H17N3S. The molecule has 3 nitrogen and oxygen atoms in total. The number of aromatic nitrogens is 2. The largest absolute Gasteiger partial charge is 0.380 e. The minimum atomic E-state index is 0.806. The number of aryl methyl sites for hydroxylation is 1. The molecule has 3 aromatic rings. The van der Waals surface area contributed by atoms with Crippen LogP contribution in [0.3, 0.4) is 0 Å². The molecule has 2 aromatic heterocycles. The van der Waals surface area contributed by atoms with Gasteiger partial charge in [-0.25, -0.2) is 0 Å². The fourth-order valence-corrected chi connectivity index (χ4v) is 2.96. The molecule has 102 valence electrons. The molecule has 3 rings (SSSR count). The molecule has 1 N–H and O–H groups in total. The van der Waals surface area contributed by atoms with Crippen LogP contribution in [0.4, 0.5) is 5.69 Å². The normalized spacial score (nSPS) is 10.7. The average molecular weight is 283 g/mol. The second kappa shape index (κ2) is 5.92. The average Bonchev–Trinajstić information content (AvgIpc) is 3.09. The molecule has 0 aliphatic carbocycles. The van der Waals surface area contributed by atoms with Crippen LogP contribution >= 0.6 is 11.3 Å². The van der Waals surface area contributed by atoms with Crippen LogP contribution in [0.1, 0.15) is 15.3 Å². The highest BCUT2D eigenvalue weighted by Crippen LogP contribution is 2.18. The van der Waals surface area contributed by atoms with Gasteiger partial charge >= 0.3 is 0 Å². The maximum atomic E-state index is 4.24. The molecule has 1 aromatic carbocycles. The van der Waals surface area contributed by atoms with Crippen LogP contribution in [0.25, 0.3) is 0 Å². The maximum absolute atomic E-state index is 4.24. The first-order valence-corrected chi connectivity index (χ1v) is 7.47. The number of hydrogen-bond donors (Lipinski definition) is 1. The van der Waals surface area contributed by atoms with E-state index < -0.39 is 0 Å². The fourth-order valence-electron chi connectivity index (χ4n) is 2.13. The number of nitrogens with one attached hydrogen (secondary N) is 1. The summed E-state index contributed by atoms with van der Waals surface area (Å²) in [5.41, 5.74) is 2.40. The van der Waals surface area contributed by atoms with Gasteiger partial charge in [-0.2, -0.15) is 5.10 Å². The molecular weight excluding hydrogens is 266 g/mol. The fraction of sp³-hybridized carbons (Fsp3) is 0.188. The van der Waals surface area contributed by atoms with Gasteiger partial charge in [0.05, 0.1) is 6.54 Å². The summed E-state index contributed by atoms with van der Waals surface area (Å²) >= 11 is 1.84. The van der Waals surface area contributed by atoms with Crippen molar-refractivity contribution >= 4 is 17.0 Å². The van der Waals surface area contributed by atoms with E-state index >= 15 is 0 Å². The van der Waals surface area contributed by atoms with E-state index in [0.29, 0.717) is 0 Å². The SMILES string of the molecule is Cc1ccc(CNc2cccc(Cn3cccn3)c2)s1. The molecule has 4 heteroatoms. The van der Waals surface area contributed by atoms with Crippen LogP contribution in [0.2, 0.25) is 0 Å². The summed E-state index contributed by atoms with van der Waals surface area (Å²) in [6.45, 7) is 3.82. The molecule has 0 radical (unpaired) electrons. The molecule has 0 aliphatic heterocycles. The highest BCUT2D eigenvalue weighted by atomic mass is 32.1. The highest BCUT2D eigenvalue weighted by molar-refractivity contribution is 7.11. The van der Waals surface area contributed by atoms with Crippen molar-refractivity contribution in [3.05, 3.63) is 70.2 Å². The summed E-state index contributed by atoms with van der Waals surface area (Å²) < 4.78 is 1.93. The molecule has 0 saturated heterocycles. The monoisotopic (exact) mass is 283 g/mol. The van der Waals surface area contributed by atoms with Gasteiger partial charge in [-0.15, -0.1) is 11.3 Å². The van der Waals surface area contributed by atoms with Crippen molar-refractivity contribution in [2.24, 2.45) is 0 Å². The lowest BCUT2D eigenvalue weighted by molar-refractivity contribution is 0.687. The lowest BCUT2D eigenvalue weighted by Gasteiger charge is -2.08. The molecule has 20 heavy (non-hydrogen) atoms. The molecule has 0 spiro atoms. The Morgan fingerprint density at radius 3 is 2.90 bits per heavy atom. The standard InChI is InChI=1S/C16H17N3S/c1-13-6-7-16(20-13)11-17-15-5-2-4-14(10-15)12-19-9-3-8-18-19/h2-10,17H,11-12H2,1H3. The predicted octanol–water partition coefficient (Wildman–Crippen LogP) is 3.91. The second-order valence-corrected chi connectivity index (χ2v) is 6.14. The van der Waals surface area contributed by atoms with Gasteiger partial charge in [0.25, 0.3) is 0 Å². The number of rotatable bonds is 5. The Labute approximate surface area is 122 Å². The summed E-state index contributed by atoms with van der Waals surface area (Å²) in [7, 11) is 0. The first-order valence-electron chi connectivity index (χ1n) is 6.65. The summed E-state index contributed by atoms with van der Waals surface area (Å²) in [5, 5.41) is 7.71. The zero-order valence-corrected chi connectivity index (χ0v) is 12.2. The third kappa shape index (κ3) is 3.27. The summed E-state index contributed by atoms with van der Waals surface area (Å²) in [6, 6.07) is 14.8. The molecule has 0 atom stereocenters. The first-order chi connectivity index (χ1) is 9.79. The maximum Gasteiger partial charge on any atom is 0.0660 e. The van der Waals surface area contributed by atoms with E-state index in [0.717, 1.165) is 18.8 Å². The van der Waals surface area contributed by atoms with Gasteiger partial charge in [-0.05, 0) is 42.8 Å². The van der Waals surface area contributed by atoms with Gasteiger partial charge in [0.1, 0.15) is 0 Å². The smallest absolute Gasteiger partial charge is 0.0660 e. The van der Waals surface area contributed by atoms with Crippen LogP contribution in [0.15, 0.2) is 54.9 Å². The Balaban J connectivity index is 1.65. The highest BCUT2D eigenvalue weighted by Gasteiger charge is 1.99. The topological polar surface area (TPSA) is 29.9 Å². The van der Waals surface area contributed by atoms with Gasteiger partial charge in [0, 0.05) is 34.4 Å². The van der Waals surface area contributed by atoms with Crippen molar-refractivity contribution in [1.29, 1.82) is 0 Å². The van der Waals surface area contributed by atoms with Gasteiger partial charge in [-0.1, -0.05) is 12.1 Å². The predicted molar refractivity (Wildman–Crippen MR) is 84.2 cm³/mol. The molecule has 0 saturated carbocycles. The zero-order chi connectivity index (χ0) is 13.8. The van der Waals surface area contributed by atoms with Crippen LogP contribution in [0.5, 0.6) is 0 Å². The van der Waals surface area contributed by atoms with Crippen LogP contribution in [-0.2, 0) is 13.1 Å². The van der Waals surface area contributed by atoms with Crippen molar-refractivity contribution in [1.82, 2.24) is 9.78 Å². The van der Waals surface area contributed by atoms with E-state index in [9.17, 15) is 0 Å². The molecule has 0 amide bonds. The van der Waals surface area contributed by atoms with Crippen LogP contribution in [0, 0.1) is 6.92 Å². The Bertz CT molecular complexity index is 671. The summed E-state index contributed by atoms with van der Waals surface area (Å²) in [4.78, 5) is 2.72. The number of nitrogens with zero attached hydrogens (tertiary/aromatic N) is 2. The van der Waals surface area contributed by atoms with Crippen molar-refractivity contribution in [3.63, 3.8) is 0 Å². The molecule has 2 heterocycles. The third-order valence-electron chi connectivity index (χ3n) is 3.09. The molecule has 0 aliphatic rings. The molecule has 0 bridgehead atoms. The van der Waals surface area contributed by atoms with Gasteiger partial charge < -0.3 is 5.32 Å². The minimum Gasteiger partial charge on any atom is -0.380 e. The van der Waals surface area contributed by atoms with E-state index in [1.54, 1.807) is 6.20 Å². The third-order valence-corrected chi connectivity index (χ3v) is 4.09. The summed E-state index contributed by atoms with van der Waals surface area (Å²) in [6.07, 6.45) is 3.79. The van der Waals surface area contributed by atoms with E-state index in [4.69, 9.17) is 0 Å². The zero-order valence-electron chi connectivity index (χ0n) is 11.4. The Kier molecular flexibility index (Phi) is 3.83. The quantitative estimate of drug-likeness (QED) is 0.769. The van der Waals surface area contributed by atoms with Crippen molar-refractivity contribution in [3.8, 4) is 0 Å². The van der Waals surface area contributed by atoms with Crippen molar-refractivity contribution in [2.45, 2.75) is 20.0 Å². The van der Waals surface area contributed by atoms with E-state index in [-0.39, 0.29) is 0 Å². The lowest BCUT2D eigenvalue weighted by Crippen LogP contribution is -2.02. The first kappa shape index (κ1) is 12.9. The van der Waals surface area contributed by atoms with E-state index in [1.165, 1.54) is 15.3 Å². The van der Waals surface area contributed by atoms with Gasteiger partial charge in [0.2, 0.25) is 0 Å². The number of benzene rings is 1. The van der Waals surface area contributed by atoms with Crippen LogP contribution < -0.4 is 5.32 Å². The Morgan fingerprint density at radius 1 is 1.20 bits per heavy atom. The number of hydrogen-bond acceptors (Lipinski definition) is 3. The second-order valence-electron chi connectivity index (χ2n) is 4.77. The Hall–Kier alpha value is -2.07. The van der Waals surface area contributed by atoms with Crippen molar-refractivity contribution in [2.75, 3.05) is 5.32 Å². The van der Waals surface area contributed by atoms with Gasteiger partial charge in [-0.3, -0.25) is 4.68 Å². The molecule has 0 unspecified atom stereocenters. The van der Waals surface area contributed by atoms with Crippen LogP contribution in [-0.4, -0.2) is 9.78 Å². The molecule has 0 fully saturated rings. The summed E-state index contributed by atoms with van der Waals surface area (Å²) in [5.74, 6) is 0. The van der Waals surface area contributed by atoms with E-state index in [1.807, 2.05) is 28.3 Å². The van der Waals surface area contributed by atoms with Gasteiger partial charge in [0.15, 0.2) is 0 Å².